The highest BCUT2D eigenvalue weighted by atomic mass is 32.2. The molecule has 0 aliphatic rings. The van der Waals surface area contributed by atoms with Crippen molar-refractivity contribution < 1.29 is 9.53 Å². The van der Waals surface area contributed by atoms with Crippen LogP contribution < -0.4 is 10.1 Å². The highest BCUT2D eigenvalue weighted by molar-refractivity contribution is 7.99. The van der Waals surface area contributed by atoms with E-state index in [0.717, 1.165) is 4.90 Å². The number of carbonyl (C=O) groups is 1. The van der Waals surface area contributed by atoms with Gasteiger partial charge in [0.2, 0.25) is 12.3 Å². The van der Waals surface area contributed by atoms with Crippen molar-refractivity contribution >= 4 is 23.9 Å². The number of aromatic nitrogens is 1. The molecule has 0 atom stereocenters. The van der Waals surface area contributed by atoms with Gasteiger partial charge in [-0.2, -0.15) is 0 Å². The molecular formula is C13H12N2O2S. The van der Waals surface area contributed by atoms with Crippen LogP contribution in [0.25, 0.3) is 0 Å². The van der Waals surface area contributed by atoms with Crippen molar-refractivity contribution in [2.45, 2.75) is 9.92 Å². The van der Waals surface area contributed by atoms with Crippen LogP contribution in [0.1, 0.15) is 0 Å². The Balaban J connectivity index is 2.31. The molecule has 1 heterocycles. The number of rotatable bonds is 5. The van der Waals surface area contributed by atoms with Gasteiger partial charge in [0, 0.05) is 11.0 Å². The van der Waals surface area contributed by atoms with Crippen LogP contribution >= 0.6 is 11.8 Å². The van der Waals surface area contributed by atoms with Crippen molar-refractivity contribution in [3.63, 3.8) is 0 Å². The van der Waals surface area contributed by atoms with Gasteiger partial charge < -0.3 is 10.1 Å². The summed E-state index contributed by atoms with van der Waals surface area (Å²) >= 11 is 1.47. The smallest absolute Gasteiger partial charge is 0.214 e. The van der Waals surface area contributed by atoms with Gasteiger partial charge in [0.1, 0.15) is 5.03 Å². The molecule has 0 aliphatic heterocycles. The number of nitrogens with one attached hydrogen (secondary N) is 1. The minimum atomic E-state index is 0.518. The van der Waals surface area contributed by atoms with Gasteiger partial charge in [-0.1, -0.05) is 30.0 Å². The van der Waals surface area contributed by atoms with Gasteiger partial charge in [0.05, 0.1) is 12.8 Å². The van der Waals surface area contributed by atoms with Crippen LogP contribution in [0.15, 0.2) is 52.4 Å². The monoisotopic (exact) mass is 260 g/mol. The summed E-state index contributed by atoms with van der Waals surface area (Å²) in [5, 5.41) is 3.33. The normalized spacial score (nSPS) is 9.83. The molecular weight excluding hydrogens is 248 g/mol. The fourth-order valence-electron chi connectivity index (χ4n) is 1.39. The fourth-order valence-corrected chi connectivity index (χ4v) is 2.28. The molecule has 92 valence electrons. The summed E-state index contributed by atoms with van der Waals surface area (Å²) in [6, 6.07) is 13.3. The molecule has 0 saturated carbocycles. The lowest BCUT2D eigenvalue weighted by atomic mass is 10.4. The Bertz CT molecular complexity index is 532. The molecule has 0 fully saturated rings. The van der Waals surface area contributed by atoms with Gasteiger partial charge in [-0.3, -0.25) is 4.79 Å². The number of nitrogens with zero attached hydrogens (tertiary/aromatic N) is 1. The van der Waals surface area contributed by atoms with E-state index >= 15 is 0 Å². The minimum Gasteiger partial charge on any atom is -0.481 e. The Morgan fingerprint density at radius 2 is 2.00 bits per heavy atom. The van der Waals surface area contributed by atoms with Gasteiger partial charge >= 0.3 is 0 Å². The number of hydrogen-bond donors (Lipinski definition) is 1. The van der Waals surface area contributed by atoms with Gasteiger partial charge in [0.15, 0.2) is 0 Å². The summed E-state index contributed by atoms with van der Waals surface area (Å²) in [4.78, 5) is 15.9. The Morgan fingerprint density at radius 3 is 2.67 bits per heavy atom. The third-order valence-corrected chi connectivity index (χ3v) is 3.23. The number of anilines is 1. The van der Waals surface area contributed by atoms with Crippen LogP contribution in [0.3, 0.4) is 0 Å². The average Bonchev–Trinajstić information content (AvgIpc) is 2.42. The van der Waals surface area contributed by atoms with Crippen LogP contribution in [-0.4, -0.2) is 18.5 Å². The first-order valence-corrected chi connectivity index (χ1v) is 6.13. The van der Waals surface area contributed by atoms with Crippen LogP contribution in [-0.2, 0) is 4.79 Å². The predicted molar refractivity (Wildman–Crippen MR) is 71.0 cm³/mol. The van der Waals surface area contributed by atoms with E-state index in [1.165, 1.54) is 11.8 Å². The van der Waals surface area contributed by atoms with Crippen molar-refractivity contribution in [2.75, 3.05) is 12.4 Å². The summed E-state index contributed by atoms with van der Waals surface area (Å²) in [7, 11) is 1.56. The zero-order valence-corrected chi connectivity index (χ0v) is 10.6. The first kappa shape index (κ1) is 12.4. The molecule has 1 aromatic carbocycles. The quantitative estimate of drug-likeness (QED) is 0.840. The number of pyridine rings is 1. The minimum absolute atomic E-state index is 0.518. The van der Waals surface area contributed by atoms with Crippen molar-refractivity contribution in [2.24, 2.45) is 0 Å². The van der Waals surface area contributed by atoms with E-state index in [-0.39, 0.29) is 0 Å². The third kappa shape index (κ3) is 3.01. The molecule has 0 bridgehead atoms. The van der Waals surface area contributed by atoms with Gasteiger partial charge in [-0.15, -0.1) is 0 Å². The Hall–Kier alpha value is -2.01. The second-order valence-corrected chi connectivity index (χ2v) is 4.45. The molecule has 0 aliphatic carbocycles. The van der Waals surface area contributed by atoms with Gasteiger partial charge in [0.25, 0.3) is 0 Å². The topological polar surface area (TPSA) is 51.2 Å². The van der Waals surface area contributed by atoms with Gasteiger partial charge in [-0.05, 0) is 18.2 Å². The first-order chi connectivity index (χ1) is 8.83. The lowest BCUT2D eigenvalue weighted by Crippen LogP contribution is -1.98. The Kier molecular flexibility index (Phi) is 4.20. The van der Waals surface area contributed by atoms with E-state index in [9.17, 15) is 4.79 Å². The maximum absolute atomic E-state index is 10.6. The maximum atomic E-state index is 10.6. The van der Waals surface area contributed by atoms with Crippen LogP contribution in [0, 0.1) is 0 Å². The fraction of sp³-hybridized carbons (Fsp3) is 0.0769. The number of carbonyl (C=O) groups excluding carboxylic acids is 1. The Labute approximate surface area is 109 Å². The van der Waals surface area contributed by atoms with E-state index in [1.807, 2.05) is 30.3 Å². The molecule has 0 spiro atoms. The molecule has 2 rings (SSSR count). The van der Waals surface area contributed by atoms with E-state index < -0.39 is 0 Å². The first-order valence-electron chi connectivity index (χ1n) is 5.31. The zero-order chi connectivity index (χ0) is 12.8. The second-order valence-electron chi connectivity index (χ2n) is 3.38. The molecule has 0 saturated heterocycles. The van der Waals surface area contributed by atoms with Crippen LogP contribution in [0.4, 0.5) is 5.69 Å². The summed E-state index contributed by atoms with van der Waals surface area (Å²) < 4.78 is 5.09. The summed E-state index contributed by atoms with van der Waals surface area (Å²) in [6.07, 6.45) is 0.637. The summed E-state index contributed by atoms with van der Waals surface area (Å²) in [5.41, 5.74) is 0.666. The van der Waals surface area contributed by atoms with Crippen molar-refractivity contribution in [1.29, 1.82) is 0 Å². The molecule has 4 nitrogen and oxygen atoms in total. The third-order valence-electron chi connectivity index (χ3n) is 2.22. The van der Waals surface area contributed by atoms with Crippen molar-refractivity contribution in [1.82, 2.24) is 4.98 Å². The largest absolute Gasteiger partial charge is 0.481 e. The standard InChI is InChI=1S/C13H12N2O2S/c1-17-12-8-7-11(14-9-16)13(15-12)18-10-5-3-2-4-6-10/h2-9H,1H3,(H,14,16). The number of hydrogen-bond acceptors (Lipinski definition) is 4. The number of methoxy groups -OCH3 is 1. The highest BCUT2D eigenvalue weighted by Crippen LogP contribution is 2.32. The van der Waals surface area contributed by atoms with E-state index in [1.54, 1.807) is 19.2 Å². The van der Waals surface area contributed by atoms with Crippen LogP contribution in [0.2, 0.25) is 0 Å². The van der Waals surface area contributed by atoms with E-state index in [0.29, 0.717) is 23.0 Å². The molecule has 1 aromatic heterocycles. The molecule has 1 N–H and O–H groups in total. The molecule has 18 heavy (non-hydrogen) atoms. The Morgan fingerprint density at radius 1 is 1.22 bits per heavy atom. The molecule has 0 radical (unpaired) electrons. The highest BCUT2D eigenvalue weighted by Gasteiger charge is 2.07. The van der Waals surface area contributed by atoms with E-state index in [4.69, 9.17) is 4.74 Å². The lowest BCUT2D eigenvalue weighted by molar-refractivity contribution is -0.105. The molecule has 1 amide bonds. The van der Waals surface area contributed by atoms with Crippen molar-refractivity contribution in [3.05, 3.63) is 42.5 Å². The number of amides is 1. The lowest BCUT2D eigenvalue weighted by Gasteiger charge is -2.08. The maximum Gasteiger partial charge on any atom is 0.214 e. The van der Waals surface area contributed by atoms with E-state index in [2.05, 4.69) is 10.3 Å². The predicted octanol–water partition coefficient (Wildman–Crippen LogP) is 2.81. The van der Waals surface area contributed by atoms with Gasteiger partial charge in [-0.25, -0.2) is 4.98 Å². The summed E-state index contributed by atoms with van der Waals surface area (Å²) in [6.45, 7) is 0. The molecule has 0 unspecified atom stereocenters. The molecule has 2 aromatic rings. The SMILES string of the molecule is COc1ccc(NC=O)c(Sc2ccccc2)n1. The number of benzene rings is 1. The number of ether oxygens (including phenoxy) is 1. The van der Waals surface area contributed by atoms with Crippen molar-refractivity contribution in [3.8, 4) is 5.88 Å². The zero-order valence-electron chi connectivity index (χ0n) is 9.79. The average molecular weight is 260 g/mol. The second kappa shape index (κ2) is 6.07. The molecule has 5 heteroatoms. The van der Waals surface area contributed by atoms with Crippen LogP contribution in [0.5, 0.6) is 5.88 Å². The summed E-state index contributed by atoms with van der Waals surface area (Å²) in [5.74, 6) is 0.518.